The summed E-state index contributed by atoms with van der Waals surface area (Å²) in [6.45, 7) is -0.481. The second-order valence-electron chi connectivity index (χ2n) is 3.02. The van der Waals surface area contributed by atoms with E-state index in [-0.39, 0.29) is 0 Å². The van der Waals surface area contributed by atoms with Crippen LogP contribution in [0.4, 0.5) is 0 Å². The fraction of sp³-hybridized carbons (Fsp3) is 1.00. The van der Waals surface area contributed by atoms with Gasteiger partial charge in [0.05, 0.1) is 12.6 Å². The average Bonchev–Trinajstić information content (AvgIpc) is 2.43. The highest BCUT2D eigenvalue weighted by Crippen LogP contribution is 2.22. The molecule has 0 aromatic rings. The van der Waals surface area contributed by atoms with Crippen LogP contribution in [0, 0.1) is 0 Å². The third-order valence-corrected chi connectivity index (χ3v) is 2.14. The zero-order valence-electron chi connectivity index (χ0n) is 7.33. The zero-order chi connectivity index (χ0) is 10.0. The number of hydrogen-bond donors (Lipinski definition) is 4. The van der Waals surface area contributed by atoms with Crippen LogP contribution in [0.25, 0.3) is 0 Å². The number of aliphatic hydroxyl groups is 3. The molecule has 0 amide bonds. The Kier molecular flexibility index (Phi) is 3.60. The highest BCUT2D eigenvalue weighted by Gasteiger charge is 2.44. The summed E-state index contributed by atoms with van der Waals surface area (Å²) >= 11 is 0. The van der Waals surface area contributed by atoms with Crippen LogP contribution in [-0.4, -0.2) is 59.7 Å². The number of aliphatic hydroxyl groups excluding tert-OH is 3. The largest absolute Gasteiger partial charge is 0.394 e. The van der Waals surface area contributed by atoms with Crippen molar-refractivity contribution < 1.29 is 24.8 Å². The molecule has 0 aliphatic carbocycles. The number of rotatable bonds is 3. The van der Waals surface area contributed by atoms with Crippen LogP contribution in [0.2, 0.25) is 0 Å². The van der Waals surface area contributed by atoms with Crippen molar-refractivity contribution >= 4 is 0 Å². The molecule has 1 fully saturated rings. The smallest absolute Gasteiger partial charge is 0.175 e. The van der Waals surface area contributed by atoms with Crippen molar-refractivity contribution in [3.63, 3.8) is 0 Å². The molecule has 5 N–H and O–H groups in total. The highest BCUT2D eigenvalue weighted by molar-refractivity contribution is 4.92. The van der Waals surface area contributed by atoms with Crippen molar-refractivity contribution in [2.75, 3.05) is 13.7 Å². The molecule has 1 heterocycles. The molecular formula is C7H15NO5. The summed E-state index contributed by atoms with van der Waals surface area (Å²) in [5.74, 6) is 0. The van der Waals surface area contributed by atoms with Gasteiger partial charge in [0.2, 0.25) is 0 Å². The van der Waals surface area contributed by atoms with E-state index in [4.69, 9.17) is 20.3 Å². The normalized spacial score (nSPS) is 42.2. The Morgan fingerprint density at radius 2 is 2.23 bits per heavy atom. The van der Waals surface area contributed by atoms with E-state index in [0.29, 0.717) is 0 Å². The zero-order valence-corrected chi connectivity index (χ0v) is 7.33. The molecule has 5 atom stereocenters. The Bertz CT molecular complexity index is 167. The maximum absolute atomic E-state index is 9.46. The van der Waals surface area contributed by atoms with Crippen LogP contribution in [-0.2, 0) is 9.47 Å². The molecular weight excluding hydrogens is 178 g/mol. The third-order valence-electron chi connectivity index (χ3n) is 2.14. The number of hydrogen-bond acceptors (Lipinski definition) is 6. The molecule has 78 valence electrons. The SMILES string of the molecule is CO[C@@H]1O[C@H]([C@H](O)CO)[C@@H](O)[C@H]1N. The lowest BCUT2D eigenvalue weighted by atomic mass is 10.1. The van der Waals surface area contributed by atoms with Crippen LogP contribution in [0.5, 0.6) is 0 Å². The fourth-order valence-corrected chi connectivity index (χ4v) is 1.34. The predicted molar refractivity (Wildman–Crippen MR) is 42.7 cm³/mol. The lowest BCUT2D eigenvalue weighted by molar-refractivity contribution is -0.152. The van der Waals surface area contributed by atoms with Gasteiger partial charge >= 0.3 is 0 Å². The van der Waals surface area contributed by atoms with Crippen molar-refractivity contribution in [2.45, 2.75) is 30.6 Å². The van der Waals surface area contributed by atoms with Gasteiger partial charge in [-0.2, -0.15) is 0 Å². The van der Waals surface area contributed by atoms with Gasteiger partial charge in [0, 0.05) is 7.11 Å². The molecule has 1 saturated heterocycles. The summed E-state index contributed by atoms with van der Waals surface area (Å²) in [5.41, 5.74) is 5.52. The van der Waals surface area contributed by atoms with Gasteiger partial charge in [-0.05, 0) is 0 Å². The van der Waals surface area contributed by atoms with E-state index < -0.39 is 37.3 Å². The van der Waals surface area contributed by atoms with Crippen molar-refractivity contribution in [3.05, 3.63) is 0 Å². The van der Waals surface area contributed by atoms with Crippen molar-refractivity contribution in [1.82, 2.24) is 0 Å². The summed E-state index contributed by atoms with van der Waals surface area (Å²) in [5, 5.41) is 27.3. The Morgan fingerprint density at radius 1 is 1.62 bits per heavy atom. The molecule has 0 saturated carbocycles. The summed E-state index contributed by atoms with van der Waals surface area (Å²) < 4.78 is 9.90. The summed E-state index contributed by atoms with van der Waals surface area (Å²) in [6, 6.07) is -0.698. The number of methoxy groups -OCH3 is 1. The minimum atomic E-state index is -1.14. The molecule has 1 rings (SSSR count). The molecule has 0 aromatic carbocycles. The summed E-state index contributed by atoms with van der Waals surface area (Å²) in [4.78, 5) is 0. The van der Waals surface area contributed by atoms with E-state index in [0.717, 1.165) is 0 Å². The summed E-state index contributed by atoms with van der Waals surface area (Å²) in [6.07, 6.45) is -3.78. The Morgan fingerprint density at radius 3 is 2.62 bits per heavy atom. The fourth-order valence-electron chi connectivity index (χ4n) is 1.34. The van der Waals surface area contributed by atoms with E-state index in [1.165, 1.54) is 7.11 Å². The van der Waals surface area contributed by atoms with E-state index >= 15 is 0 Å². The first kappa shape index (κ1) is 10.8. The Hall–Kier alpha value is -0.240. The molecule has 0 spiro atoms. The monoisotopic (exact) mass is 193 g/mol. The first-order valence-corrected chi connectivity index (χ1v) is 4.02. The van der Waals surface area contributed by atoms with Crippen LogP contribution in [0.3, 0.4) is 0 Å². The standard InChI is InChI=1S/C7H15NO5/c1-12-7-4(8)5(11)6(13-7)3(10)2-9/h3-7,9-11H,2,8H2,1H3/t3-,4-,5+,6-,7-/m1/s1. The molecule has 0 unspecified atom stereocenters. The predicted octanol–water partition coefficient (Wildman–Crippen LogP) is -2.60. The molecule has 1 aliphatic heterocycles. The quantitative estimate of drug-likeness (QED) is 0.391. The maximum Gasteiger partial charge on any atom is 0.175 e. The van der Waals surface area contributed by atoms with Gasteiger partial charge < -0.3 is 30.5 Å². The molecule has 0 bridgehead atoms. The molecule has 0 aromatic heterocycles. The van der Waals surface area contributed by atoms with Crippen molar-refractivity contribution in [1.29, 1.82) is 0 Å². The molecule has 13 heavy (non-hydrogen) atoms. The number of ether oxygens (including phenoxy) is 2. The second-order valence-corrected chi connectivity index (χ2v) is 3.02. The summed E-state index contributed by atoms with van der Waals surface area (Å²) in [7, 11) is 1.39. The van der Waals surface area contributed by atoms with Crippen LogP contribution >= 0.6 is 0 Å². The van der Waals surface area contributed by atoms with E-state index in [2.05, 4.69) is 0 Å². The average molecular weight is 193 g/mol. The minimum absolute atomic E-state index is 0.481. The van der Waals surface area contributed by atoms with Gasteiger partial charge in [-0.15, -0.1) is 0 Å². The maximum atomic E-state index is 9.46. The highest BCUT2D eigenvalue weighted by atomic mass is 16.7. The van der Waals surface area contributed by atoms with E-state index in [9.17, 15) is 10.2 Å². The molecule has 1 aliphatic rings. The Balaban J connectivity index is 2.60. The lowest BCUT2D eigenvalue weighted by Gasteiger charge is -2.18. The topological polar surface area (TPSA) is 105 Å². The van der Waals surface area contributed by atoms with Gasteiger partial charge in [-0.25, -0.2) is 0 Å². The Labute approximate surface area is 75.9 Å². The molecule has 6 nitrogen and oxygen atoms in total. The van der Waals surface area contributed by atoms with E-state index in [1.54, 1.807) is 0 Å². The molecule has 6 heteroatoms. The van der Waals surface area contributed by atoms with Crippen molar-refractivity contribution in [3.8, 4) is 0 Å². The van der Waals surface area contributed by atoms with Gasteiger partial charge in [-0.3, -0.25) is 0 Å². The van der Waals surface area contributed by atoms with Crippen LogP contribution in [0.1, 0.15) is 0 Å². The van der Waals surface area contributed by atoms with Gasteiger partial charge in [0.15, 0.2) is 6.29 Å². The third kappa shape index (κ3) is 1.98. The van der Waals surface area contributed by atoms with Crippen LogP contribution < -0.4 is 5.73 Å². The number of nitrogens with two attached hydrogens (primary N) is 1. The van der Waals surface area contributed by atoms with E-state index in [1.807, 2.05) is 0 Å². The minimum Gasteiger partial charge on any atom is -0.394 e. The van der Waals surface area contributed by atoms with Crippen molar-refractivity contribution in [2.24, 2.45) is 5.73 Å². The second kappa shape index (κ2) is 4.32. The van der Waals surface area contributed by atoms with Gasteiger partial charge in [0.1, 0.15) is 18.3 Å². The van der Waals surface area contributed by atoms with Gasteiger partial charge in [0.25, 0.3) is 0 Å². The van der Waals surface area contributed by atoms with Gasteiger partial charge in [-0.1, -0.05) is 0 Å². The lowest BCUT2D eigenvalue weighted by Crippen LogP contribution is -2.44. The molecule has 0 radical (unpaired) electrons. The first-order chi connectivity index (χ1) is 6.11. The van der Waals surface area contributed by atoms with Crippen LogP contribution in [0.15, 0.2) is 0 Å². The first-order valence-electron chi connectivity index (χ1n) is 4.02.